The molecule has 0 amide bonds. The zero-order chi connectivity index (χ0) is 15.4. The number of hydrogen-bond acceptors (Lipinski definition) is 2. The molecule has 2 aromatic rings. The van der Waals surface area contributed by atoms with Gasteiger partial charge in [0.1, 0.15) is 5.82 Å². The highest BCUT2D eigenvalue weighted by molar-refractivity contribution is 5.75. The number of carbonyl (C=O) groups excluding carboxylic acids is 1. The highest BCUT2D eigenvalue weighted by Gasteiger charge is 2.16. The normalized spacial score (nSPS) is 12.0. The molecule has 0 saturated carbocycles. The Morgan fingerprint density at radius 1 is 1.14 bits per heavy atom. The number of hydrogen-bond donors (Lipinski definition) is 0. The first-order chi connectivity index (χ1) is 10.0. The molecule has 0 aliphatic carbocycles. The van der Waals surface area contributed by atoms with Gasteiger partial charge in [-0.25, -0.2) is 8.78 Å². The van der Waals surface area contributed by atoms with Crippen LogP contribution in [0.1, 0.15) is 20.3 Å². The lowest BCUT2D eigenvalue weighted by atomic mass is 10.1. The molecule has 1 unspecified atom stereocenters. The van der Waals surface area contributed by atoms with Crippen molar-refractivity contribution in [2.24, 2.45) is 5.92 Å². The van der Waals surface area contributed by atoms with Crippen LogP contribution in [0.2, 0.25) is 0 Å². The van der Waals surface area contributed by atoms with Gasteiger partial charge in [-0.15, -0.1) is 0 Å². The molecular weight excluding hydrogens is 274 g/mol. The van der Waals surface area contributed by atoms with Crippen LogP contribution in [0.5, 0.6) is 5.75 Å². The molecule has 0 spiro atoms. The number of ether oxygens (including phenoxy) is 1. The first-order valence-electron chi connectivity index (χ1n) is 6.78. The molecule has 110 valence electrons. The summed E-state index contributed by atoms with van der Waals surface area (Å²) in [6.07, 6.45) is 0.627. The van der Waals surface area contributed by atoms with Gasteiger partial charge in [0.25, 0.3) is 0 Å². The molecule has 0 aliphatic rings. The third kappa shape index (κ3) is 3.66. The predicted molar refractivity (Wildman–Crippen MR) is 76.9 cm³/mol. The Balaban J connectivity index is 2.24. The maximum Gasteiger partial charge on any atom is 0.314 e. The summed E-state index contributed by atoms with van der Waals surface area (Å²) in [6.45, 7) is 3.58. The van der Waals surface area contributed by atoms with Gasteiger partial charge in [-0.05, 0) is 41.8 Å². The van der Waals surface area contributed by atoms with E-state index in [0.717, 1.165) is 0 Å². The van der Waals surface area contributed by atoms with Crippen LogP contribution in [0, 0.1) is 17.6 Å². The molecule has 2 nitrogen and oxygen atoms in total. The van der Waals surface area contributed by atoms with Crippen LogP contribution in [0.15, 0.2) is 42.5 Å². The standard InChI is InChI=1S/C17H16F2O2/c1-3-11(2)17(20)21-16-8-7-13(10-15(16)19)12-5-4-6-14(18)9-12/h4-11H,3H2,1-2H3. The molecule has 0 aliphatic heterocycles. The molecule has 0 heterocycles. The lowest BCUT2D eigenvalue weighted by Crippen LogP contribution is -2.17. The van der Waals surface area contributed by atoms with Crippen molar-refractivity contribution in [1.82, 2.24) is 0 Å². The number of benzene rings is 2. The van der Waals surface area contributed by atoms with Crippen LogP contribution in [-0.4, -0.2) is 5.97 Å². The van der Waals surface area contributed by atoms with Crippen LogP contribution in [-0.2, 0) is 4.79 Å². The van der Waals surface area contributed by atoms with Crippen molar-refractivity contribution in [3.63, 3.8) is 0 Å². The molecule has 0 fully saturated rings. The van der Waals surface area contributed by atoms with E-state index in [0.29, 0.717) is 17.5 Å². The molecule has 0 radical (unpaired) electrons. The van der Waals surface area contributed by atoms with Gasteiger partial charge in [0, 0.05) is 0 Å². The summed E-state index contributed by atoms with van der Waals surface area (Å²) >= 11 is 0. The van der Waals surface area contributed by atoms with Gasteiger partial charge in [0.2, 0.25) is 0 Å². The minimum absolute atomic E-state index is 0.111. The number of esters is 1. The van der Waals surface area contributed by atoms with E-state index in [9.17, 15) is 13.6 Å². The highest BCUT2D eigenvalue weighted by Crippen LogP contribution is 2.26. The smallest absolute Gasteiger partial charge is 0.314 e. The first-order valence-corrected chi connectivity index (χ1v) is 6.78. The minimum Gasteiger partial charge on any atom is -0.423 e. The molecule has 0 aromatic heterocycles. The summed E-state index contributed by atoms with van der Waals surface area (Å²) in [5.41, 5.74) is 1.09. The van der Waals surface area contributed by atoms with Gasteiger partial charge >= 0.3 is 5.97 Å². The lowest BCUT2D eigenvalue weighted by molar-refractivity contribution is -0.138. The maximum atomic E-state index is 14.0. The number of rotatable bonds is 4. The summed E-state index contributed by atoms with van der Waals surface area (Å²) in [7, 11) is 0. The second-order valence-electron chi connectivity index (χ2n) is 4.89. The van der Waals surface area contributed by atoms with Crippen LogP contribution in [0.25, 0.3) is 11.1 Å². The Labute approximate surface area is 122 Å². The summed E-state index contributed by atoms with van der Waals surface area (Å²) in [5, 5.41) is 0. The second-order valence-corrected chi connectivity index (χ2v) is 4.89. The third-order valence-corrected chi connectivity index (χ3v) is 3.32. The van der Waals surface area contributed by atoms with Crippen LogP contribution in [0.3, 0.4) is 0 Å². The van der Waals surface area contributed by atoms with E-state index in [4.69, 9.17) is 4.74 Å². The highest BCUT2D eigenvalue weighted by atomic mass is 19.1. The molecule has 0 N–H and O–H groups in total. The number of carbonyl (C=O) groups is 1. The van der Waals surface area contributed by atoms with Crippen LogP contribution < -0.4 is 4.74 Å². The summed E-state index contributed by atoms with van der Waals surface area (Å²) in [6, 6.07) is 10.1. The van der Waals surface area contributed by atoms with Crippen molar-refractivity contribution in [2.45, 2.75) is 20.3 Å². The van der Waals surface area contributed by atoms with Crippen molar-refractivity contribution >= 4 is 5.97 Å². The van der Waals surface area contributed by atoms with E-state index in [1.54, 1.807) is 25.1 Å². The SMILES string of the molecule is CCC(C)C(=O)Oc1ccc(-c2cccc(F)c2)cc1F. The fourth-order valence-corrected chi connectivity index (χ4v) is 1.81. The van der Waals surface area contributed by atoms with Crippen LogP contribution in [0.4, 0.5) is 8.78 Å². The van der Waals surface area contributed by atoms with Crippen molar-refractivity contribution in [1.29, 1.82) is 0 Å². The van der Waals surface area contributed by atoms with Gasteiger partial charge in [0.05, 0.1) is 5.92 Å². The lowest BCUT2D eigenvalue weighted by Gasteiger charge is -2.10. The molecule has 0 saturated heterocycles. The Morgan fingerprint density at radius 2 is 1.86 bits per heavy atom. The van der Waals surface area contributed by atoms with Crippen molar-refractivity contribution < 1.29 is 18.3 Å². The summed E-state index contributed by atoms with van der Waals surface area (Å²) < 4.78 is 32.2. The molecule has 2 rings (SSSR count). The molecule has 21 heavy (non-hydrogen) atoms. The largest absolute Gasteiger partial charge is 0.423 e. The van der Waals surface area contributed by atoms with Crippen molar-refractivity contribution in [3.8, 4) is 16.9 Å². The summed E-state index contributed by atoms with van der Waals surface area (Å²) in [5.74, 6) is -1.89. The quantitative estimate of drug-likeness (QED) is 0.608. The molecule has 0 bridgehead atoms. The summed E-state index contributed by atoms with van der Waals surface area (Å²) in [4.78, 5) is 11.7. The fourth-order valence-electron chi connectivity index (χ4n) is 1.81. The monoisotopic (exact) mass is 290 g/mol. The average Bonchev–Trinajstić information content (AvgIpc) is 2.48. The zero-order valence-electron chi connectivity index (χ0n) is 11.9. The Hall–Kier alpha value is -2.23. The van der Waals surface area contributed by atoms with E-state index >= 15 is 0 Å². The van der Waals surface area contributed by atoms with Gasteiger partial charge in [-0.2, -0.15) is 0 Å². The average molecular weight is 290 g/mol. The fraction of sp³-hybridized carbons (Fsp3) is 0.235. The van der Waals surface area contributed by atoms with E-state index in [-0.39, 0.29) is 17.5 Å². The third-order valence-electron chi connectivity index (χ3n) is 3.32. The van der Waals surface area contributed by atoms with Crippen molar-refractivity contribution in [2.75, 3.05) is 0 Å². The second kappa shape index (κ2) is 6.48. The van der Waals surface area contributed by atoms with E-state index in [1.807, 2.05) is 6.92 Å². The zero-order valence-corrected chi connectivity index (χ0v) is 11.9. The first kappa shape index (κ1) is 15.2. The Morgan fingerprint density at radius 3 is 2.48 bits per heavy atom. The molecule has 1 atom stereocenters. The van der Waals surface area contributed by atoms with Crippen molar-refractivity contribution in [3.05, 3.63) is 54.1 Å². The molecule has 4 heteroatoms. The van der Waals surface area contributed by atoms with Gasteiger partial charge in [-0.3, -0.25) is 4.79 Å². The minimum atomic E-state index is -0.645. The Bertz CT molecular complexity index is 653. The van der Waals surface area contributed by atoms with Gasteiger partial charge < -0.3 is 4.74 Å². The number of halogens is 2. The predicted octanol–water partition coefficient (Wildman–Crippen LogP) is 4.58. The Kier molecular flexibility index (Phi) is 4.68. The van der Waals surface area contributed by atoms with Crippen LogP contribution >= 0.6 is 0 Å². The van der Waals surface area contributed by atoms with E-state index in [2.05, 4.69) is 0 Å². The molecular formula is C17H16F2O2. The topological polar surface area (TPSA) is 26.3 Å². The van der Waals surface area contributed by atoms with Gasteiger partial charge in [-0.1, -0.05) is 32.0 Å². The maximum absolute atomic E-state index is 14.0. The van der Waals surface area contributed by atoms with Gasteiger partial charge in [0.15, 0.2) is 11.6 Å². The molecule has 2 aromatic carbocycles. The van der Waals surface area contributed by atoms with E-state index in [1.165, 1.54) is 24.3 Å². The van der Waals surface area contributed by atoms with E-state index < -0.39 is 11.8 Å².